The van der Waals surface area contributed by atoms with E-state index in [0.29, 0.717) is 12.0 Å². The van der Waals surface area contributed by atoms with Gasteiger partial charge in [0.2, 0.25) is 0 Å². The lowest BCUT2D eigenvalue weighted by Crippen LogP contribution is -2.38. The molecule has 1 saturated carbocycles. The molecule has 2 aliphatic rings. The topological polar surface area (TPSA) is 28.4 Å². The molecule has 0 radical (unpaired) electrons. The van der Waals surface area contributed by atoms with Crippen molar-refractivity contribution in [3.63, 3.8) is 0 Å². The molecular formula is C16H26N2O. The van der Waals surface area contributed by atoms with Gasteiger partial charge in [0, 0.05) is 18.5 Å². The molecule has 0 bridgehead atoms. The minimum atomic E-state index is 0.639. The highest BCUT2D eigenvalue weighted by Crippen LogP contribution is 2.47. The normalized spacial score (nSPS) is 28.7. The molecular weight excluding hydrogens is 236 g/mol. The molecule has 3 nitrogen and oxygen atoms in total. The van der Waals surface area contributed by atoms with Crippen LogP contribution in [-0.2, 0) is 6.54 Å². The van der Waals surface area contributed by atoms with E-state index in [0.717, 1.165) is 24.8 Å². The molecule has 19 heavy (non-hydrogen) atoms. The summed E-state index contributed by atoms with van der Waals surface area (Å²) in [6.07, 6.45) is 4.03. The smallest absolute Gasteiger partial charge is 0.117 e. The summed E-state index contributed by atoms with van der Waals surface area (Å²) in [6, 6.07) is 4.93. The van der Waals surface area contributed by atoms with Gasteiger partial charge in [0.05, 0.1) is 6.54 Å². The fraction of sp³-hybridized carbons (Fsp3) is 0.750. The van der Waals surface area contributed by atoms with Crippen molar-refractivity contribution in [3.8, 4) is 0 Å². The van der Waals surface area contributed by atoms with E-state index in [9.17, 15) is 0 Å². The van der Waals surface area contributed by atoms with Crippen LogP contribution in [0.3, 0.4) is 0 Å². The molecule has 1 aromatic heterocycles. The molecule has 3 unspecified atom stereocenters. The minimum absolute atomic E-state index is 0.639. The highest BCUT2D eigenvalue weighted by molar-refractivity contribution is 5.17. The second-order valence-corrected chi connectivity index (χ2v) is 6.35. The van der Waals surface area contributed by atoms with Crippen molar-refractivity contribution in [2.75, 3.05) is 19.6 Å². The molecule has 106 valence electrons. The first kappa shape index (κ1) is 13.2. The molecule has 2 fully saturated rings. The molecule has 0 aromatic carbocycles. The monoisotopic (exact) mass is 262 g/mol. The van der Waals surface area contributed by atoms with E-state index in [4.69, 9.17) is 4.42 Å². The molecule has 0 amide bonds. The van der Waals surface area contributed by atoms with Gasteiger partial charge in [0.1, 0.15) is 11.5 Å². The Kier molecular flexibility index (Phi) is 3.94. The zero-order valence-electron chi connectivity index (χ0n) is 12.2. The second-order valence-electron chi connectivity index (χ2n) is 6.35. The van der Waals surface area contributed by atoms with E-state index in [2.05, 4.69) is 36.2 Å². The molecule has 1 saturated heterocycles. The third-order valence-corrected chi connectivity index (χ3v) is 4.66. The number of hydrogen-bond donors (Lipinski definition) is 1. The highest BCUT2D eigenvalue weighted by atomic mass is 16.3. The Morgan fingerprint density at radius 3 is 2.79 bits per heavy atom. The molecule has 1 aliphatic heterocycles. The van der Waals surface area contributed by atoms with Crippen LogP contribution in [0.25, 0.3) is 0 Å². The average Bonchev–Trinajstić information content (AvgIpc) is 2.90. The summed E-state index contributed by atoms with van der Waals surface area (Å²) in [5.41, 5.74) is 0. The van der Waals surface area contributed by atoms with Crippen molar-refractivity contribution in [1.82, 2.24) is 10.2 Å². The Morgan fingerprint density at radius 1 is 1.37 bits per heavy atom. The molecule has 2 heterocycles. The quantitative estimate of drug-likeness (QED) is 0.854. The van der Waals surface area contributed by atoms with Crippen LogP contribution in [0.2, 0.25) is 0 Å². The number of furan rings is 1. The predicted molar refractivity (Wildman–Crippen MR) is 77.2 cm³/mol. The van der Waals surface area contributed by atoms with Crippen molar-refractivity contribution in [2.45, 2.75) is 51.6 Å². The number of nitrogens with one attached hydrogen (secondary N) is 1. The Bertz CT molecular complexity index is 409. The summed E-state index contributed by atoms with van der Waals surface area (Å²) in [6.45, 7) is 9.07. The van der Waals surface area contributed by atoms with E-state index < -0.39 is 0 Å². The van der Waals surface area contributed by atoms with Gasteiger partial charge in [0.25, 0.3) is 0 Å². The second kappa shape index (κ2) is 5.68. The Morgan fingerprint density at radius 2 is 2.11 bits per heavy atom. The van der Waals surface area contributed by atoms with Crippen LogP contribution in [0.1, 0.15) is 50.5 Å². The molecule has 3 rings (SSSR count). The van der Waals surface area contributed by atoms with Crippen LogP contribution in [0.5, 0.6) is 0 Å². The van der Waals surface area contributed by atoms with Crippen molar-refractivity contribution >= 4 is 0 Å². The lowest BCUT2D eigenvalue weighted by Gasteiger charge is -2.23. The first-order chi connectivity index (χ1) is 9.24. The highest BCUT2D eigenvalue weighted by Gasteiger charge is 2.36. The lowest BCUT2D eigenvalue weighted by molar-refractivity contribution is 0.250. The first-order valence-corrected chi connectivity index (χ1v) is 7.77. The first-order valence-electron chi connectivity index (χ1n) is 7.77. The van der Waals surface area contributed by atoms with Gasteiger partial charge in [-0.15, -0.1) is 0 Å². The fourth-order valence-corrected chi connectivity index (χ4v) is 3.12. The molecule has 0 spiro atoms. The standard InChI is InChI=1S/C16H26N2O/c1-12-9-15(12)16-6-5-14(19-16)11-17-10-13(2)18-7-3-4-8-18/h5-6,12-13,15,17H,3-4,7-11H2,1-2H3. The number of nitrogens with zero attached hydrogens (tertiary/aromatic N) is 1. The maximum absolute atomic E-state index is 5.91. The Hall–Kier alpha value is -0.800. The number of hydrogen-bond acceptors (Lipinski definition) is 3. The summed E-state index contributed by atoms with van der Waals surface area (Å²) in [5.74, 6) is 3.79. The zero-order chi connectivity index (χ0) is 13.2. The van der Waals surface area contributed by atoms with E-state index in [1.165, 1.54) is 38.1 Å². The summed E-state index contributed by atoms with van der Waals surface area (Å²) < 4.78 is 5.91. The van der Waals surface area contributed by atoms with E-state index in [1.807, 2.05) is 0 Å². The van der Waals surface area contributed by atoms with Gasteiger partial charge in [0.15, 0.2) is 0 Å². The third-order valence-electron chi connectivity index (χ3n) is 4.66. The van der Waals surface area contributed by atoms with E-state index in [1.54, 1.807) is 0 Å². The number of likely N-dealkylation sites (tertiary alicyclic amines) is 1. The predicted octanol–water partition coefficient (Wildman–Crippen LogP) is 2.98. The third kappa shape index (κ3) is 3.21. The SMILES string of the molecule is CC1CC1c1ccc(CNCC(C)N2CCCC2)o1. The maximum atomic E-state index is 5.91. The minimum Gasteiger partial charge on any atom is -0.464 e. The van der Waals surface area contributed by atoms with Crippen molar-refractivity contribution in [1.29, 1.82) is 0 Å². The average molecular weight is 262 g/mol. The molecule has 1 N–H and O–H groups in total. The fourth-order valence-electron chi connectivity index (χ4n) is 3.12. The van der Waals surface area contributed by atoms with Gasteiger partial charge < -0.3 is 9.73 Å². The summed E-state index contributed by atoms with van der Waals surface area (Å²) >= 11 is 0. The summed E-state index contributed by atoms with van der Waals surface area (Å²) in [7, 11) is 0. The van der Waals surface area contributed by atoms with Crippen LogP contribution in [0.4, 0.5) is 0 Å². The molecule has 1 aliphatic carbocycles. The van der Waals surface area contributed by atoms with Crippen LogP contribution in [0.15, 0.2) is 16.5 Å². The molecule has 3 atom stereocenters. The van der Waals surface area contributed by atoms with Crippen LogP contribution in [0, 0.1) is 5.92 Å². The van der Waals surface area contributed by atoms with E-state index >= 15 is 0 Å². The van der Waals surface area contributed by atoms with Crippen LogP contribution < -0.4 is 5.32 Å². The summed E-state index contributed by atoms with van der Waals surface area (Å²) in [4.78, 5) is 2.58. The van der Waals surface area contributed by atoms with Gasteiger partial charge in [-0.2, -0.15) is 0 Å². The van der Waals surface area contributed by atoms with Gasteiger partial charge in [-0.1, -0.05) is 6.92 Å². The van der Waals surface area contributed by atoms with Gasteiger partial charge >= 0.3 is 0 Å². The van der Waals surface area contributed by atoms with Crippen LogP contribution >= 0.6 is 0 Å². The van der Waals surface area contributed by atoms with Gasteiger partial charge in [-0.25, -0.2) is 0 Å². The largest absolute Gasteiger partial charge is 0.464 e. The van der Waals surface area contributed by atoms with Crippen molar-refractivity contribution in [2.24, 2.45) is 5.92 Å². The van der Waals surface area contributed by atoms with Crippen molar-refractivity contribution in [3.05, 3.63) is 23.7 Å². The van der Waals surface area contributed by atoms with Crippen LogP contribution in [-0.4, -0.2) is 30.6 Å². The molecule has 1 aromatic rings. The zero-order valence-corrected chi connectivity index (χ0v) is 12.2. The Balaban J connectivity index is 1.40. The summed E-state index contributed by atoms with van der Waals surface area (Å²) in [5, 5.41) is 3.53. The van der Waals surface area contributed by atoms with Gasteiger partial charge in [-0.05, 0) is 57.3 Å². The maximum Gasteiger partial charge on any atom is 0.117 e. The number of rotatable bonds is 6. The van der Waals surface area contributed by atoms with Crippen molar-refractivity contribution < 1.29 is 4.42 Å². The Labute approximate surface area is 116 Å². The lowest BCUT2D eigenvalue weighted by atomic mass is 10.3. The van der Waals surface area contributed by atoms with E-state index in [-0.39, 0.29) is 0 Å². The molecule has 3 heteroatoms. The van der Waals surface area contributed by atoms with Gasteiger partial charge in [-0.3, -0.25) is 4.90 Å².